The number of fused-ring (bicyclic) bond motifs is 1. The summed E-state index contributed by atoms with van der Waals surface area (Å²) < 4.78 is 16.7. The van der Waals surface area contributed by atoms with Crippen LogP contribution in [0.25, 0.3) is 0 Å². The number of ether oxygens (including phenoxy) is 3. The minimum Gasteiger partial charge on any atom is -0.496 e. The number of rotatable bonds is 5. The number of carbonyl (C=O) groups excluding carboxylic acids is 1. The van der Waals surface area contributed by atoms with Gasteiger partial charge >= 0.3 is 5.97 Å². The molecule has 1 fully saturated rings. The van der Waals surface area contributed by atoms with Crippen LogP contribution < -0.4 is 4.74 Å². The molecule has 0 radical (unpaired) electrons. The predicted octanol–water partition coefficient (Wildman–Crippen LogP) is 3.54. The zero-order valence-electron chi connectivity index (χ0n) is 14.0. The smallest absolute Gasteiger partial charge is 0.311 e. The largest absolute Gasteiger partial charge is 0.496 e. The second kappa shape index (κ2) is 7.66. The highest BCUT2D eigenvalue weighted by Crippen LogP contribution is 2.42. The minimum atomic E-state index is -0.268. The summed E-state index contributed by atoms with van der Waals surface area (Å²) in [4.78, 5) is 17.1. The number of aliphatic imine (C=N–C) groups is 1. The lowest BCUT2D eigenvalue weighted by molar-refractivity contribution is -0.147. The van der Waals surface area contributed by atoms with Gasteiger partial charge in [-0.15, -0.1) is 0 Å². The lowest BCUT2D eigenvalue weighted by Gasteiger charge is -2.28. The molecule has 2 unspecified atom stereocenters. The monoisotopic (exact) mass is 395 g/mol. The second-order valence-electron chi connectivity index (χ2n) is 6.23. The van der Waals surface area contributed by atoms with E-state index in [0.717, 1.165) is 53.8 Å². The molecule has 5 nitrogen and oxygen atoms in total. The molecule has 24 heavy (non-hydrogen) atoms. The standard InChI is InChI=1S/C18H22BrNO4/c1-22-15-4-3-12-14(16(15)19)10-20-17(12)13(18(21)23-2)9-11-5-7-24-8-6-11/h3-4,10-11,13,17H,5-9H2,1-2H3. The van der Waals surface area contributed by atoms with Crippen LogP contribution in [0.5, 0.6) is 5.75 Å². The Morgan fingerprint density at radius 3 is 2.79 bits per heavy atom. The first-order valence-corrected chi connectivity index (χ1v) is 9.00. The first-order chi connectivity index (χ1) is 11.7. The van der Waals surface area contributed by atoms with Crippen LogP contribution in [0.4, 0.5) is 0 Å². The van der Waals surface area contributed by atoms with E-state index in [4.69, 9.17) is 14.2 Å². The molecule has 0 amide bonds. The Labute approximate surface area is 150 Å². The zero-order valence-corrected chi connectivity index (χ0v) is 15.5. The van der Waals surface area contributed by atoms with Gasteiger partial charge in [0, 0.05) is 25.0 Å². The number of carbonyl (C=O) groups is 1. The van der Waals surface area contributed by atoms with Gasteiger partial charge in [-0.05, 0) is 52.7 Å². The second-order valence-corrected chi connectivity index (χ2v) is 7.02. The number of methoxy groups -OCH3 is 2. The number of benzene rings is 1. The van der Waals surface area contributed by atoms with E-state index in [1.54, 1.807) is 7.11 Å². The third-order valence-electron chi connectivity index (χ3n) is 4.89. The molecule has 2 atom stereocenters. The van der Waals surface area contributed by atoms with Gasteiger partial charge in [0.1, 0.15) is 5.75 Å². The third-order valence-corrected chi connectivity index (χ3v) is 5.71. The molecular formula is C18H22BrNO4. The molecule has 0 aromatic heterocycles. The predicted molar refractivity (Wildman–Crippen MR) is 94.7 cm³/mol. The Balaban J connectivity index is 1.86. The topological polar surface area (TPSA) is 57.1 Å². The van der Waals surface area contributed by atoms with Crippen molar-refractivity contribution in [1.82, 2.24) is 0 Å². The lowest BCUT2D eigenvalue weighted by atomic mass is 9.82. The van der Waals surface area contributed by atoms with Crippen molar-refractivity contribution in [3.63, 3.8) is 0 Å². The molecule has 0 saturated carbocycles. The molecule has 130 valence electrons. The van der Waals surface area contributed by atoms with Crippen LogP contribution in [0.2, 0.25) is 0 Å². The fraction of sp³-hybridized carbons (Fsp3) is 0.556. The van der Waals surface area contributed by atoms with Crippen LogP contribution in [0.15, 0.2) is 21.6 Å². The highest BCUT2D eigenvalue weighted by atomic mass is 79.9. The number of esters is 1. The number of hydrogen-bond acceptors (Lipinski definition) is 5. The molecular weight excluding hydrogens is 374 g/mol. The molecule has 3 rings (SSSR count). The first-order valence-electron chi connectivity index (χ1n) is 8.20. The summed E-state index contributed by atoms with van der Waals surface area (Å²) >= 11 is 3.57. The molecule has 1 aromatic rings. The Morgan fingerprint density at radius 1 is 1.38 bits per heavy atom. The van der Waals surface area contributed by atoms with Crippen molar-refractivity contribution in [3.05, 3.63) is 27.7 Å². The van der Waals surface area contributed by atoms with E-state index >= 15 is 0 Å². The van der Waals surface area contributed by atoms with Gasteiger partial charge in [-0.1, -0.05) is 6.07 Å². The van der Waals surface area contributed by atoms with Crippen molar-refractivity contribution in [3.8, 4) is 5.75 Å². The van der Waals surface area contributed by atoms with Gasteiger partial charge in [-0.25, -0.2) is 0 Å². The fourth-order valence-corrected chi connectivity index (χ4v) is 4.16. The van der Waals surface area contributed by atoms with E-state index in [-0.39, 0.29) is 17.9 Å². The first kappa shape index (κ1) is 17.4. The van der Waals surface area contributed by atoms with Crippen LogP contribution in [0.1, 0.15) is 36.4 Å². The molecule has 0 N–H and O–H groups in total. The number of nitrogens with zero attached hydrogens (tertiary/aromatic N) is 1. The maximum absolute atomic E-state index is 12.4. The Hall–Kier alpha value is -1.40. The van der Waals surface area contributed by atoms with E-state index in [2.05, 4.69) is 20.9 Å². The molecule has 1 saturated heterocycles. The van der Waals surface area contributed by atoms with Crippen molar-refractivity contribution >= 4 is 28.1 Å². The lowest BCUT2D eigenvalue weighted by Crippen LogP contribution is -2.27. The van der Waals surface area contributed by atoms with E-state index in [9.17, 15) is 4.79 Å². The van der Waals surface area contributed by atoms with E-state index in [0.29, 0.717) is 5.92 Å². The van der Waals surface area contributed by atoms with Gasteiger partial charge in [0.15, 0.2) is 0 Å². The maximum atomic E-state index is 12.4. The fourth-order valence-electron chi connectivity index (χ4n) is 3.54. The van der Waals surface area contributed by atoms with E-state index < -0.39 is 0 Å². The van der Waals surface area contributed by atoms with Gasteiger partial charge in [-0.2, -0.15) is 0 Å². The Morgan fingerprint density at radius 2 is 2.12 bits per heavy atom. The average Bonchev–Trinajstić information content (AvgIpc) is 3.05. The van der Waals surface area contributed by atoms with Crippen LogP contribution >= 0.6 is 15.9 Å². The molecule has 0 spiro atoms. The average molecular weight is 396 g/mol. The normalized spacial score (nSPS) is 21.4. The molecule has 2 aliphatic rings. The number of halogens is 1. The van der Waals surface area contributed by atoms with Gasteiger partial charge in [0.25, 0.3) is 0 Å². The third kappa shape index (κ3) is 3.35. The van der Waals surface area contributed by atoms with Crippen LogP contribution in [0, 0.1) is 11.8 Å². The minimum absolute atomic E-state index is 0.191. The zero-order chi connectivity index (χ0) is 17.1. The van der Waals surface area contributed by atoms with Gasteiger partial charge in [-0.3, -0.25) is 9.79 Å². The van der Waals surface area contributed by atoms with Crippen LogP contribution in [-0.2, 0) is 14.3 Å². The van der Waals surface area contributed by atoms with E-state index in [1.165, 1.54) is 7.11 Å². The Kier molecular flexibility index (Phi) is 5.56. The van der Waals surface area contributed by atoms with Gasteiger partial charge in [0.05, 0.1) is 30.7 Å². The van der Waals surface area contributed by atoms with Crippen molar-refractivity contribution in [2.45, 2.75) is 25.3 Å². The molecule has 0 bridgehead atoms. The molecule has 2 heterocycles. The SMILES string of the molecule is COC(=O)C(CC1CCOCC1)C1N=Cc2c1ccc(OC)c2Br. The van der Waals surface area contributed by atoms with Gasteiger partial charge in [0.2, 0.25) is 0 Å². The van der Waals surface area contributed by atoms with Crippen molar-refractivity contribution in [2.24, 2.45) is 16.8 Å². The number of hydrogen-bond donors (Lipinski definition) is 0. The molecule has 0 aliphatic carbocycles. The summed E-state index contributed by atoms with van der Waals surface area (Å²) in [6.07, 6.45) is 4.58. The summed E-state index contributed by atoms with van der Waals surface area (Å²) in [6, 6.07) is 3.71. The van der Waals surface area contributed by atoms with Crippen molar-refractivity contribution in [1.29, 1.82) is 0 Å². The van der Waals surface area contributed by atoms with E-state index in [1.807, 2.05) is 18.3 Å². The van der Waals surface area contributed by atoms with Gasteiger partial charge < -0.3 is 14.2 Å². The highest BCUT2D eigenvalue weighted by Gasteiger charge is 2.36. The summed E-state index contributed by atoms with van der Waals surface area (Å²) in [6.45, 7) is 1.54. The van der Waals surface area contributed by atoms with Crippen molar-refractivity contribution < 1.29 is 19.0 Å². The molecule has 6 heteroatoms. The highest BCUT2D eigenvalue weighted by molar-refractivity contribution is 9.10. The summed E-state index contributed by atoms with van der Waals surface area (Å²) in [5.74, 6) is 0.781. The van der Waals surface area contributed by atoms with Crippen molar-refractivity contribution in [2.75, 3.05) is 27.4 Å². The molecule has 1 aromatic carbocycles. The van der Waals surface area contributed by atoms with Crippen LogP contribution in [-0.4, -0.2) is 39.6 Å². The maximum Gasteiger partial charge on any atom is 0.311 e. The Bertz CT molecular complexity index is 640. The quantitative estimate of drug-likeness (QED) is 0.715. The van der Waals surface area contributed by atoms with Crippen LogP contribution in [0.3, 0.4) is 0 Å². The summed E-state index contributed by atoms with van der Waals surface area (Å²) in [5, 5.41) is 0. The summed E-state index contributed by atoms with van der Waals surface area (Å²) in [5.41, 5.74) is 2.03. The molecule has 2 aliphatic heterocycles. The summed E-state index contributed by atoms with van der Waals surface area (Å²) in [7, 11) is 3.08.